The van der Waals surface area contributed by atoms with Crippen LogP contribution < -0.4 is 0 Å². The minimum absolute atomic E-state index is 0.203. The molecule has 3 heteroatoms. The van der Waals surface area contributed by atoms with E-state index in [1.807, 2.05) is 24.8 Å². The Morgan fingerprint density at radius 2 is 2.16 bits per heavy atom. The quantitative estimate of drug-likeness (QED) is 0.779. The van der Waals surface area contributed by atoms with Crippen LogP contribution in [-0.4, -0.2) is 14.5 Å². The number of hydrogen-bond acceptors (Lipinski definition) is 2. The van der Waals surface area contributed by atoms with Gasteiger partial charge in [0.15, 0.2) is 0 Å². The highest BCUT2D eigenvalue weighted by Crippen LogP contribution is 2.24. The van der Waals surface area contributed by atoms with Gasteiger partial charge in [-0.3, -0.25) is 4.98 Å². The third-order valence-corrected chi connectivity index (χ3v) is 3.36. The van der Waals surface area contributed by atoms with Crippen LogP contribution in [0.1, 0.15) is 32.0 Å². The lowest BCUT2D eigenvalue weighted by Gasteiger charge is -2.26. The molecular weight excluding hydrogens is 234 g/mol. The summed E-state index contributed by atoms with van der Waals surface area (Å²) in [6, 6.07) is 4.16. The SMILES string of the molecule is C=C/C=C(\C)c1ccc(C(C)(C)n2ccnc2)nc1. The standard InChI is InChI=1S/C16H19N3/c1-5-6-13(2)14-7-8-15(18-11-14)16(3,4)19-10-9-17-12-19/h5-12H,1H2,2-4H3/b13-6+. The van der Waals surface area contributed by atoms with Gasteiger partial charge in [-0.1, -0.05) is 24.8 Å². The van der Waals surface area contributed by atoms with Crippen molar-refractivity contribution < 1.29 is 0 Å². The third-order valence-electron chi connectivity index (χ3n) is 3.36. The number of pyridine rings is 1. The van der Waals surface area contributed by atoms with Crippen molar-refractivity contribution in [2.45, 2.75) is 26.3 Å². The van der Waals surface area contributed by atoms with Gasteiger partial charge in [0.2, 0.25) is 0 Å². The smallest absolute Gasteiger partial charge is 0.0954 e. The molecule has 0 aromatic carbocycles. The highest BCUT2D eigenvalue weighted by atomic mass is 15.1. The summed E-state index contributed by atoms with van der Waals surface area (Å²) in [5.41, 5.74) is 3.09. The Bertz CT molecular complexity index is 575. The third kappa shape index (κ3) is 2.65. The van der Waals surface area contributed by atoms with Gasteiger partial charge in [0.05, 0.1) is 17.6 Å². The first-order valence-corrected chi connectivity index (χ1v) is 6.30. The molecule has 0 bridgehead atoms. The molecule has 2 rings (SSSR count). The maximum atomic E-state index is 4.59. The molecule has 0 N–H and O–H groups in total. The second-order valence-electron chi connectivity index (χ2n) is 5.05. The molecule has 0 aliphatic carbocycles. The zero-order chi connectivity index (χ0) is 13.9. The summed E-state index contributed by atoms with van der Waals surface area (Å²) in [6.07, 6.45) is 11.2. The van der Waals surface area contributed by atoms with Gasteiger partial charge < -0.3 is 4.57 Å². The average molecular weight is 253 g/mol. The van der Waals surface area contributed by atoms with Crippen LogP contribution in [0.2, 0.25) is 0 Å². The lowest BCUT2D eigenvalue weighted by molar-refractivity contribution is 0.422. The monoisotopic (exact) mass is 253 g/mol. The summed E-state index contributed by atoms with van der Waals surface area (Å²) in [5, 5.41) is 0. The van der Waals surface area contributed by atoms with Crippen molar-refractivity contribution in [2.24, 2.45) is 0 Å². The van der Waals surface area contributed by atoms with Gasteiger partial charge in [0, 0.05) is 18.6 Å². The molecule has 19 heavy (non-hydrogen) atoms. The number of rotatable bonds is 4. The average Bonchev–Trinajstić information content (AvgIpc) is 2.94. The molecule has 98 valence electrons. The molecule has 0 atom stereocenters. The minimum Gasteiger partial charge on any atom is -0.326 e. The first-order valence-electron chi connectivity index (χ1n) is 6.30. The lowest BCUT2D eigenvalue weighted by Crippen LogP contribution is -2.27. The van der Waals surface area contributed by atoms with Crippen LogP contribution in [0, 0.1) is 0 Å². The Balaban J connectivity index is 2.33. The highest BCUT2D eigenvalue weighted by molar-refractivity contribution is 5.64. The van der Waals surface area contributed by atoms with Gasteiger partial charge in [0.25, 0.3) is 0 Å². The van der Waals surface area contributed by atoms with Crippen molar-refractivity contribution >= 4 is 5.57 Å². The first kappa shape index (κ1) is 13.3. The molecule has 0 fully saturated rings. The van der Waals surface area contributed by atoms with E-state index in [9.17, 15) is 0 Å². The van der Waals surface area contributed by atoms with E-state index in [0.29, 0.717) is 0 Å². The van der Waals surface area contributed by atoms with Gasteiger partial charge in [-0.15, -0.1) is 0 Å². The van der Waals surface area contributed by atoms with Crippen molar-refractivity contribution in [1.82, 2.24) is 14.5 Å². The van der Waals surface area contributed by atoms with Crippen LogP contribution in [0.15, 0.2) is 55.8 Å². The van der Waals surface area contributed by atoms with Crippen LogP contribution in [0.25, 0.3) is 5.57 Å². The fraction of sp³-hybridized carbons (Fsp3) is 0.250. The summed E-state index contributed by atoms with van der Waals surface area (Å²) in [6.45, 7) is 10.0. The van der Waals surface area contributed by atoms with Crippen LogP contribution in [0.4, 0.5) is 0 Å². The van der Waals surface area contributed by atoms with Crippen LogP contribution in [0.3, 0.4) is 0 Å². The molecule has 0 spiro atoms. The second kappa shape index (κ2) is 5.22. The predicted molar refractivity (Wildman–Crippen MR) is 78.7 cm³/mol. The summed E-state index contributed by atoms with van der Waals surface area (Å²) in [4.78, 5) is 8.69. The van der Waals surface area contributed by atoms with Crippen molar-refractivity contribution in [2.75, 3.05) is 0 Å². The van der Waals surface area contributed by atoms with Crippen molar-refractivity contribution in [3.8, 4) is 0 Å². The normalized spacial score (nSPS) is 12.5. The van der Waals surface area contributed by atoms with E-state index in [-0.39, 0.29) is 5.54 Å². The summed E-state index contributed by atoms with van der Waals surface area (Å²) >= 11 is 0. The Kier molecular flexibility index (Phi) is 3.65. The van der Waals surface area contributed by atoms with Gasteiger partial charge in [-0.2, -0.15) is 0 Å². The lowest BCUT2D eigenvalue weighted by atomic mass is 9.98. The zero-order valence-corrected chi connectivity index (χ0v) is 11.7. The molecule has 3 nitrogen and oxygen atoms in total. The molecule has 2 aromatic rings. The molecule has 0 saturated heterocycles. The predicted octanol–water partition coefficient (Wildman–Crippen LogP) is 3.65. The van der Waals surface area contributed by atoms with Crippen molar-refractivity contribution in [3.05, 3.63) is 67.0 Å². The van der Waals surface area contributed by atoms with Gasteiger partial charge in [-0.05, 0) is 38.0 Å². The van der Waals surface area contributed by atoms with E-state index in [1.165, 1.54) is 0 Å². The summed E-state index contributed by atoms with van der Waals surface area (Å²) in [5.74, 6) is 0. The van der Waals surface area contributed by atoms with Gasteiger partial charge >= 0.3 is 0 Å². The number of aromatic nitrogens is 3. The van der Waals surface area contributed by atoms with E-state index in [4.69, 9.17) is 0 Å². The molecular formula is C16H19N3. The molecule has 0 unspecified atom stereocenters. The highest BCUT2D eigenvalue weighted by Gasteiger charge is 2.23. The summed E-state index contributed by atoms with van der Waals surface area (Å²) < 4.78 is 2.06. The number of hydrogen-bond donors (Lipinski definition) is 0. The van der Waals surface area contributed by atoms with E-state index < -0.39 is 0 Å². The van der Waals surface area contributed by atoms with Crippen molar-refractivity contribution in [1.29, 1.82) is 0 Å². The zero-order valence-electron chi connectivity index (χ0n) is 11.7. The molecule has 0 aliphatic rings. The topological polar surface area (TPSA) is 30.7 Å². The van der Waals surface area contributed by atoms with E-state index in [2.05, 4.69) is 54.0 Å². The van der Waals surface area contributed by atoms with Crippen LogP contribution in [-0.2, 0) is 5.54 Å². The molecule has 0 saturated carbocycles. The number of nitrogens with zero attached hydrogens (tertiary/aromatic N) is 3. The van der Waals surface area contributed by atoms with Gasteiger partial charge in [0.1, 0.15) is 0 Å². The Morgan fingerprint density at radius 3 is 2.68 bits per heavy atom. The first-order chi connectivity index (χ1) is 9.05. The molecule has 0 amide bonds. The molecule has 0 radical (unpaired) electrons. The minimum atomic E-state index is -0.203. The Morgan fingerprint density at radius 1 is 1.37 bits per heavy atom. The summed E-state index contributed by atoms with van der Waals surface area (Å²) in [7, 11) is 0. The maximum absolute atomic E-state index is 4.59. The Hall–Kier alpha value is -2.16. The molecule has 2 aromatic heterocycles. The van der Waals surface area contributed by atoms with Crippen molar-refractivity contribution in [3.63, 3.8) is 0 Å². The van der Waals surface area contributed by atoms with E-state index >= 15 is 0 Å². The second-order valence-corrected chi connectivity index (χ2v) is 5.05. The Labute approximate surface area is 114 Å². The van der Waals surface area contributed by atoms with E-state index in [0.717, 1.165) is 16.8 Å². The maximum Gasteiger partial charge on any atom is 0.0954 e. The fourth-order valence-corrected chi connectivity index (χ4v) is 1.98. The molecule has 2 heterocycles. The fourth-order valence-electron chi connectivity index (χ4n) is 1.98. The van der Waals surface area contributed by atoms with Crippen LogP contribution in [0.5, 0.6) is 0 Å². The van der Waals surface area contributed by atoms with Gasteiger partial charge in [-0.25, -0.2) is 4.98 Å². The molecule has 0 aliphatic heterocycles. The van der Waals surface area contributed by atoms with Crippen LogP contribution >= 0.6 is 0 Å². The largest absolute Gasteiger partial charge is 0.326 e. The van der Waals surface area contributed by atoms with E-state index in [1.54, 1.807) is 12.3 Å². The number of allylic oxidation sites excluding steroid dienone is 3. The number of imidazole rings is 1.